The van der Waals surface area contributed by atoms with Crippen LogP contribution in [-0.2, 0) is 44.9 Å². The first kappa shape index (κ1) is 43.8. The second-order valence-corrected chi connectivity index (χ2v) is 12.0. The van der Waals surface area contributed by atoms with Gasteiger partial charge in [-0.25, -0.2) is 4.79 Å². The molecule has 53 heavy (non-hydrogen) atoms. The molecule has 0 aromatic heterocycles. The van der Waals surface area contributed by atoms with Gasteiger partial charge in [-0.1, -0.05) is 30.3 Å². The monoisotopic (exact) mass is 751 g/mol. The van der Waals surface area contributed by atoms with Gasteiger partial charge in [0, 0.05) is 65.4 Å². The van der Waals surface area contributed by atoms with Crippen molar-refractivity contribution in [2.45, 2.75) is 6.61 Å². The molecule has 8 N–H and O–H groups in total. The van der Waals surface area contributed by atoms with Crippen molar-refractivity contribution in [3.63, 3.8) is 0 Å². The van der Waals surface area contributed by atoms with E-state index in [1.54, 1.807) is 19.6 Å². The Labute approximate surface area is 305 Å². The number of ether oxygens (including phenoxy) is 1. The molecule has 5 amide bonds. The van der Waals surface area contributed by atoms with E-state index >= 15 is 0 Å². The van der Waals surface area contributed by atoms with Gasteiger partial charge in [0.25, 0.3) is 0 Å². The molecule has 0 radical (unpaired) electrons. The highest BCUT2D eigenvalue weighted by Gasteiger charge is 2.22. The summed E-state index contributed by atoms with van der Waals surface area (Å²) < 4.78 is 5.16. The van der Waals surface area contributed by atoms with Gasteiger partial charge in [0.2, 0.25) is 23.6 Å². The second kappa shape index (κ2) is 24.7. The molecule has 0 spiro atoms. The molecule has 1 aromatic rings. The van der Waals surface area contributed by atoms with Crippen molar-refractivity contribution in [2.75, 3.05) is 111 Å². The lowest BCUT2D eigenvalue weighted by Gasteiger charge is -2.33. The molecule has 2 rings (SSSR count). The lowest BCUT2D eigenvalue weighted by molar-refractivity contribution is -0.138. The fourth-order valence-corrected chi connectivity index (χ4v) is 4.91. The van der Waals surface area contributed by atoms with E-state index < -0.39 is 61.4 Å². The number of nitrogens with one attached hydrogen (secondary N) is 5. The number of carbonyl (C=O) groups is 8. The first-order valence-electron chi connectivity index (χ1n) is 16.8. The molecule has 1 aliphatic heterocycles. The van der Waals surface area contributed by atoms with Crippen LogP contribution in [0.4, 0.5) is 4.79 Å². The van der Waals surface area contributed by atoms with Crippen LogP contribution in [0.5, 0.6) is 0 Å². The van der Waals surface area contributed by atoms with Crippen LogP contribution in [0.25, 0.3) is 0 Å². The summed E-state index contributed by atoms with van der Waals surface area (Å²) >= 11 is 0. The Balaban J connectivity index is 2.09. The Hall–Kier alpha value is -5.38. The summed E-state index contributed by atoms with van der Waals surface area (Å²) in [7, 11) is 0. The zero-order chi connectivity index (χ0) is 39.0. The summed E-state index contributed by atoms with van der Waals surface area (Å²) in [6.45, 7) is -0.260. The van der Waals surface area contributed by atoms with Crippen LogP contribution in [-0.4, -0.2) is 194 Å². The standard InChI is InChI=1S/C32H49N9O12/c42-25(33-6-7-34-32(52)53-23-24-4-2-1-3-5-24)19-38-8-10-39(20-26(43)35-16-29(46)47)12-14-41(22-28(45)37-18-31(50)51)15-13-40(11-9-38)21-27(44)36-17-30(48)49/h1-5H,6-23H2,(H,33,42)(H,34,52)(H,35,43)(H,36,44)(H,37,45)(H,46,47)(H,48,49)(H,50,51). The number of carboxylic acids is 3. The predicted octanol–water partition coefficient (Wildman–Crippen LogP) is -4.15. The van der Waals surface area contributed by atoms with Crippen molar-refractivity contribution in [1.29, 1.82) is 0 Å². The van der Waals surface area contributed by atoms with Crippen molar-refractivity contribution in [3.8, 4) is 0 Å². The highest BCUT2D eigenvalue weighted by atomic mass is 16.5. The van der Waals surface area contributed by atoms with Crippen molar-refractivity contribution >= 4 is 47.6 Å². The van der Waals surface area contributed by atoms with E-state index in [0.29, 0.717) is 0 Å². The van der Waals surface area contributed by atoms with Gasteiger partial charge >= 0.3 is 24.0 Å². The smallest absolute Gasteiger partial charge is 0.407 e. The fraction of sp³-hybridized carbons (Fsp3) is 0.562. The Morgan fingerprint density at radius 2 is 0.811 bits per heavy atom. The van der Waals surface area contributed by atoms with E-state index in [0.717, 1.165) is 5.56 Å². The minimum atomic E-state index is -1.22. The quantitative estimate of drug-likeness (QED) is 0.0623. The van der Waals surface area contributed by atoms with E-state index in [2.05, 4.69) is 26.6 Å². The minimum absolute atomic E-state index is 0.0879. The summed E-state index contributed by atoms with van der Waals surface area (Å²) in [6.07, 6.45) is -0.648. The Kier molecular flexibility index (Phi) is 20.4. The van der Waals surface area contributed by atoms with E-state index in [-0.39, 0.29) is 104 Å². The molecular weight excluding hydrogens is 702 g/mol. The summed E-state index contributed by atoms with van der Waals surface area (Å²) in [5, 5.41) is 39.1. The normalized spacial score (nSPS) is 15.1. The maximum Gasteiger partial charge on any atom is 0.407 e. The largest absolute Gasteiger partial charge is 0.480 e. The van der Waals surface area contributed by atoms with Crippen LogP contribution in [0.15, 0.2) is 30.3 Å². The maximum absolute atomic E-state index is 13.0. The summed E-state index contributed by atoms with van der Waals surface area (Å²) in [4.78, 5) is 102. The average molecular weight is 752 g/mol. The molecule has 0 unspecified atom stereocenters. The lowest BCUT2D eigenvalue weighted by atomic mass is 10.2. The number of aliphatic carboxylic acids is 3. The van der Waals surface area contributed by atoms with Gasteiger partial charge in [-0.2, -0.15) is 0 Å². The van der Waals surface area contributed by atoms with E-state index in [4.69, 9.17) is 20.1 Å². The average Bonchev–Trinajstić information content (AvgIpc) is 3.11. The van der Waals surface area contributed by atoms with Crippen LogP contribution in [0.1, 0.15) is 5.56 Å². The molecule has 0 atom stereocenters. The topological polar surface area (TPSA) is 280 Å². The molecule has 1 aliphatic rings. The molecule has 1 heterocycles. The highest BCUT2D eigenvalue weighted by molar-refractivity contribution is 5.83. The van der Waals surface area contributed by atoms with Gasteiger partial charge in [0.05, 0.1) is 26.2 Å². The van der Waals surface area contributed by atoms with E-state index in [9.17, 15) is 38.4 Å². The van der Waals surface area contributed by atoms with Gasteiger partial charge in [-0.15, -0.1) is 0 Å². The highest BCUT2D eigenvalue weighted by Crippen LogP contribution is 2.03. The molecule has 1 saturated heterocycles. The fourth-order valence-electron chi connectivity index (χ4n) is 4.91. The Morgan fingerprint density at radius 3 is 1.15 bits per heavy atom. The molecular formula is C32H49N9O12. The van der Waals surface area contributed by atoms with Gasteiger partial charge in [-0.3, -0.25) is 53.2 Å². The summed E-state index contributed by atoms with van der Waals surface area (Å²) in [5.41, 5.74) is 0.818. The van der Waals surface area contributed by atoms with Crippen molar-refractivity contribution < 1.29 is 58.4 Å². The van der Waals surface area contributed by atoms with Gasteiger partial charge in [0.1, 0.15) is 26.2 Å². The Morgan fingerprint density at radius 1 is 0.491 bits per heavy atom. The number of carbonyl (C=O) groups excluding carboxylic acids is 5. The third-order valence-electron chi connectivity index (χ3n) is 7.64. The molecule has 0 aliphatic carbocycles. The SMILES string of the molecule is O=C(O)CNC(=O)CN1CCN(CC(=O)NCCNC(=O)OCc2ccccc2)CCN(CC(=O)NCC(=O)O)CCN(CC(=O)NCC(=O)O)CC1. The van der Waals surface area contributed by atoms with Gasteiger partial charge in [0.15, 0.2) is 0 Å². The molecule has 294 valence electrons. The predicted molar refractivity (Wildman–Crippen MR) is 185 cm³/mol. The molecule has 1 fully saturated rings. The van der Waals surface area contributed by atoms with Crippen LogP contribution >= 0.6 is 0 Å². The Bertz CT molecular complexity index is 1340. The van der Waals surface area contributed by atoms with E-state index in [1.807, 2.05) is 30.3 Å². The maximum atomic E-state index is 13.0. The third kappa shape index (κ3) is 21.6. The van der Waals surface area contributed by atoms with Gasteiger partial charge in [-0.05, 0) is 5.56 Å². The number of hydrogen-bond acceptors (Lipinski definition) is 13. The first-order valence-corrected chi connectivity index (χ1v) is 16.8. The van der Waals surface area contributed by atoms with Crippen molar-refractivity contribution in [3.05, 3.63) is 35.9 Å². The zero-order valence-corrected chi connectivity index (χ0v) is 29.4. The third-order valence-corrected chi connectivity index (χ3v) is 7.64. The van der Waals surface area contributed by atoms with Crippen molar-refractivity contribution in [2.24, 2.45) is 0 Å². The molecule has 0 saturated carbocycles. The van der Waals surface area contributed by atoms with Gasteiger partial charge < -0.3 is 46.6 Å². The number of carboxylic acid groups (broad SMARTS) is 3. The number of nitrogens with zero attached hydrogens (tertiary/aromatic N) is 4. The number of hydrogen-bond donors (Lipinski definition) is 8. The molecule has 0 bridgehead atoms. The van der Waals surface area contributed by atoms with Crippen LogP contribution in [0, 0.1) is 0 Å². The van der Waals surface area contributed by atoms with Crippen LogP contribution in [0.3, 0.4) is 0 Å². The summed E-state index contributed by atoms with van der Waals surface area (Å²) in [6, 6.07) is 9.11. The zero-order valence-electron chi connectivity index (χ0n) is 29.4. The first-order chi connectivity index (χ1) is 25.3. The number of alkyl carbamates (subject to hydrolysis) is 1. The second-order valence-electron chi connectivity index (χ2n) is 12.0. The molecule has 21 heteroatoms. The van der Waals surface area contributed by atoms with E-state index in [1.165, 1.54) is 0 Å². The lowest BCUT2D eigenvalue weighted by Crippen LogP contribution is -2.52. The molecule has 1 aromatic carbocycles. The number of rotatable bonds is 19. The number of amides is 5. The summed E-state index contributed by atoms with van der Waals surface area (Å²) in [5.74, 6) is -5.70. The minimum Gasteiger partial charge on any atom is -0.480 e. The van der Waals surface area contributed by atoms with Crippen molar-refractivity contribution in [1.82, 2.24) is 46.2 Å². The van der Waals surface area contributed by atoms with Crippen LogP contribution < -0.4 is 26.6 Å². The number of benzene rings is 1. The molecule has 21 nitrogen and oxygen atoms in total. The van der Waals surface area contributed by atoms with Crippen LogP contribution in [0.2, 0.25) is 0 Å².